The predicted octanol–water partition coefficient (Wildman–Crippen LogP) is 3.39. The molecule has 1 heterocycles. The first-order chi connectivity index (χ1) is 13.0. The van der Waals surface area contributed by atoms with Gasteiger partial charge in [-0.05, 0) is 42.2 Å². The first kappa shape index (κ1) is 18.6. The summed E-state index contributed by atoms with van der Waals surface area (Å²) in [7, 11) is 0. The molecule has 0 atom stereocenters. The number of hydrogen-bond acceptors (Lipinski definition) is 4. The molecule has 140 valence electrons. The molecule has 0 aliphatic heterocycles. The van der Waals surface area contributed by atoms with Crippen LogP contribution in [0.1, 0.15) is 36.7 Å². The molecule has 0 saturated carbocycles. The average Bonchev–Trinajstić information content (AvgIpc) is 3.15. The second kappa shape index (κ2) is 8.49. The van der Waals surface area contributed by atoms with E-state index in [-0.39, 0.29) is 19.1 Å². The maximum absolute atomic E-state index is 12.2. The Labute approximate surface area is 159 Å². The number of carbonyl (C=O) groups excluding carboxylic acids is 1. The minimum Gasteiger partial charge on any atom is -0.483 e. The minimum atomic E-state index is -0.202. The first-order valence-corrected chi connectivity index (χ1v) is 8.99. The van der Waals surface area contributed by atoms with E-state index in [2.05, 4.69) is 35.4 Å². The van der Waals surface area contributed by atoms with Gasteiger partial charge in [0.1, 0.15) is 12.1 Å². The lowest BCUT2D eigenvalue weighted by Gasteiger charge is -2.13. The summed E-state index contributed by atoms with van der Waals surface area (Å²) in [6.07, 6.45) is 1.63. The molecule has 3 rings (SSSR count). The van der Waals surface area contributed by atoms with E-state index in [1.165, 1.54) is 5.56 Å². The molecule has 2 aromatic carbocycles. The third kappa shape index (κ3) is 4.73. The Morgan fingerprint density at radius 2 is 1.96 bits per heavy atom. The first-order valence-electron chi connectivity index (χ1n) is 8.99. The predicted molar refractivity (Wildman–Crippen MR) is 104 cm³/mol. The van der Waals surface area contributed by atoms with Crippen molar-refractivity contribution in [3.8, 4) is 11.4 Å². The number of rotatable bonds is 7. The van der Waals surface area contributed by atoms with Gasteiger partial charge in [-0.1, -0.05) is 44.2 Å². The van der Waals surface area contributed by atoms with Crippen LogP contribution in [0.15, 0.2) is 54.9 Å². The van der Waals surface area contributed by atoms with Gasteiger partial charge in [0, 0.05) is 5.69 Å². The van der Waals surface area contributed by atoms with Gasteiger partial charge in [-0.2, -0.15) is 0 Å². The van der Waals surface area contributed by atoms with Gasteiger partial charge in [0.2, 0.25) is 0 Å². The molecule has 3 aromatic rings. The van der Waals surface area contributed by atoms with Crippen molar-refractivity contribution in [2.24, 2.45) is 0 Å². The van der Waals surface area contributed by atoms with Gasteiger partial charge in [0.05, 0.1) is 6.54 Å². The van der Waals surface area contributed by atoms with Crippen molar-refractivity contribution in [1.29, 1.82) is 0 Å². The van der Waals surface area contributed by atoms with E-state index in [0.717, 1.165) is 17.0 Å². The highest BCUT2D eigenvalue weighted by Gasteiger charge is 2.10. The summed E-state index contributed by atoms with van der Waals surface area (Å²) < 4.78 is 7.56. The highest BCUT2D eigenvalue weighted by Crippen LogP contribution is 2.24. The quantitative estimate of drug-likeness (QED) is 0.698. The van der Waals surface area contributed by atoms with Gasteiger partial charge in [-0.15, -0.1) is 10.2 Å². The van der Waals surface area contributed by atoms with Crippen LogP contribution in [0.5, 0.6) is 5.75 Å². The van der Waals surface area contributed by atoms with Crippen molar-refractivity contribution in [3.63, 3.8) is 0 Å². The Morgan fingerprint density at radius 3 is 2.70 bits per heavy atom. The van der Waals surface area contributed by atoms with Crippen molar-refractivity contribution in [2.45, 2.75) is 33.2 Å². The lowest BCUT2D eigenvalue weighted by atomic mass is 10.0. The van der Waals surface area contributed by atoms with E-state index in [9.17, 15) is 4.79 Å². The largest absolute Gasteiger partial charge is 0.483 e. The number of benzene rings is 2. The highest BCUT2D eigenvalue weighted by molar-refractivity contribution is 5.77. The zero-order valence-electron chi connectivity index (χ0n) is 15.8. The zero-order chi connectivity index (χ0) is 19.2. The van der Waals surface area contributed by atoms with Gasteiger partial charge in [-0.25, -0.2) is 0 Å². The summed E-state index contributed by atoms with van der Waals surface area (Å²) in [5, 5.41) is 10.9. The molecule has 27 heavy (non-hydrogen) atoms. The molecule has 0 radical (unpaired) electrons. The summed E-state index contributed by atoms with van der Waals surface area (Å²) in [6, 6.07) is 15.9. The van der Waals surface area contributed by atoms with Crippen molar-refractivity contribution in [2.75, 3.05) is 6.61 Å². The molecule has 1 aromatic heterocycles. The third-order valence-electron chi connectivity index (χ3n) is 4.33. The van der Waals surface area contributed by atoms with Crippen LogP contribution in [-0.2, 0) is 11.3 Å². The molecule has 0 unspecified atom stereocenters. The van der Waals surface area contributed by atoms with Gasteiger partial charge in [-0.3, -0.25) is 9.36 Å². The fourth-order valence-electron chi connectivity index (χ4n) is 2.69. The van der Waals surface area contributed by atoms with Crippen molar-refractivity contribution < 1.29 is 9.53 Å². The second-order valence-electron chi connectivity index (χ2n) is 6.70. The lowest BCUT2D eigenvalue weighted by molar-refractivity contribution is -0.123. The molecule has 0 saturated heterocycles. The molecule has 1 N–H and O–H groups in total. The van der Waals surface area contributed by atoms with Crippen LogP contribution in [-0.4, -0.2) is 27.3 Å². The smallest absolute Gasteiger partial charge is 0.258 e. The molecule has 0 spiro atoms. The lowest BCUT2D eigenvalue weighted by Crippen LogP contribution is -2.29. The van der Waals surface area contributed by atoms with Crippen molar-refractivity contribution in [1.82, 2.24) is 20.1 Å². The maximum atomic E-state index is 12.2. The van der Waals surface area contributed by atoms with E-state index >= 15 is 0 Å². The Balaban J connectivity index is 1.57. The van der Waals surface area contributed by atoms with Crippen LogP contribution in [0.2, 0.25) is 0 Å². The van der Waals surface area contributed by atoms with Crippen LogP contribution in [0.25, 0.3) is 5.69 Å². The Bertz CT molecular complexity index is 904. The highest BCUT2D eigenvalue weighted by atomic mass is 16.5. The fraction of sp³-hybridized carbons (Fsp3) is 0.286. The van der Waals surface area contributed by atoms with E-state index in [1.807, 2.05) is 54.0 Å². The van der Waals surface area contributed by atoms with E-state index in [4.69, 9.17) is 4.74 Å². The standard InChI is InChI=1S/C21H24N4O2/c1-15(2)17-10-9-16(3)19(11-17)27-13-21(26)22-12-20-24-23-14-25(20)18-7-5-4-6-8-18/h4-11,14-15H,12-13H2,1-3H3,(H,22,26). The van der Waals surface area contributed by atoms with Crippen molar-refractivity contribution in [3.05, 3.63) is 71.8 Å². The van der Waals surface area contributed by atoms with Gasteiger partial charge in [0.15, 0.2) is 12.4 Å². The number of aromatic nitrogens is 3. The maximum Gasteiger partial charge on any atom is 0.258 e. The Hall–Kier alpha value is -3.15. The molecule has 6 heteroatoms. The molecule has 1 amide bonds. The van der Waals surface area contributed by atoms with Crippen LogP contribution in [0.4, 0.5) is 0 Å². The number of aryl methyl sites for hydroxylation is 1. The molecular weight excluding hydrogens is 340 g/mol. The summed E-state index contributed by atoms with van der Waals surface area (Å²) in [4.78, 5) is 12.2. The number of amides is 1. The number of hydrogen-bond donors (Lipinski definition) is 1. The normalized spacial score (nSPS) is 10.8. The number of nitrogens with zero attached hydrogens (tertiary/aromatic N) is 3. The SMILES string of the molecule is Cc1ccc(C(C)C)cc1OCC(=O)NCc1nncn1-c1ccccc1. The molecule has 0 fully saturated rings. The molecular formula is C21H24N4O2. The van der Waals surface area contributed by atoms with Crippen LogP contribution in [0.3, 0.4) is 0 Å². The minimum absolute atomic E-state index is 0.0398. The van der Waals surface area contributed by atoms with E-state index < -0.39 is 0 Å². The van der Waals surface area contributed by atoms with Crippen LogP contribution < -0.4 is 10.1 Å². The van der Waals surface area contributed by atoms with E-state index in [1.54, 1.807) is 6.33 Å². The third-order valence-corrected chi connectivity index (χ3v) is 4.33. The molecule has 0 aliphatic carbocycles. The summed E-state index contributed by atoms with van der Waals surface area (Å²) in [5.41, 5.74) is 3.15. The van der Waals surface area contributed by atoms with Gasteiger partial charge >= 0.3 is 0 Å². The van der Waals surface area contributed by atoms with Crippen LogP contribution >= 0.6 is 0 Å². The zero-order valence-corrected chi connectivity index (χ0v) is 15.8. The number of ether oxygens (including phenoxy) is 1. The Morgan fingerprint density at radius 1 is 1.19 bits per heavy atom. The van der Waals surface area contributed by atoms with Gasteiger partial charge in [0.25, 0.3) is 5.91 Å². The van der Waals surface area contributed by atoms with Crippen molar-refractivity contribution >= 4 is 5.91 Å². The Kier molecular flexibility index (Phi) is 5.86. The molecule has 0 aliphatic rings. The number of nitrogens with one attached hydrogen (secondary N) is 1. The van der Waals surface area contributed by atoms with Gasteiger partial charge < -0.3 is 10.1 Å². The summed E-state index contributed by atoms with van der Waals surface area (Å²) in [5.74, 6) is 1.61. The summed E-state index contributed by atoms with van der Waals surface area (Å²) >= 11 is 0. The second-order valence-corrected chi connectivity index (χ2v) is 6.70. The number of carbonyl (C=O) groups is 1. The topological polar surface area (TPSA) is 69.0 Å². The van der Waals surface area contributed by atoms with E-state index in [0.29, 0.717) is 11.7 Å². The average molecular weight is 364 g/mol. The van der Waals surface area contributed by atoms with Crippen LogP contribution in [0, 0.1) is 6.92 Å². The summed E-state index contributed by atoms with van der Waals surface area (Å²) in [6.45, 7) is 6.47. The fourth-order valence-corrected chi connectivity index (χ4v) is 2.69. The molecule has 0 bridgehead atoms. The monoisotopic (exact) mass is 364 g/mol. The molecule has 6 nitrogen and oxygen atoms in total. The number of para-hydroxylation sites is 1.